The molecule has 0 aromatic heterocycles. The van der Waals surface area contributed by atoms with Crippen LogP contribution >= 0.6 is 27.5 Å². The van der Waals surface area contributed by atoms with Gasteiger partial charge in [0.2, 0.25) is 5.91 Å². The molecule has 0 unspecified atom stereocenters. The van der Waals surface area contributed by atoms with Crippen LogP contribution < -0.4 is 10.5 Å². The second kappa shape index (κ2) is 6.08. The molecule has 1 aromatic carbocycles. The van der Waals surface area contributed by atoms with Gasteiger partial charge in [-0.25, -0.2) is 0 Å². The fourth-order valence-electron chi connectivity index (χ4n) is 1.06. The minimum absolute atomic E-state index is 0.330. The fourth-order valence-corrected chi connectivity index (χ4v) is 1.95. The largest absolute Gasteiger partial charge is 0.490 e. The Kier molecular flexibility index (Phi) is 5.05. The molecule has 1 aromatic rings. The van der Waals surface area contributed by atoms with Crippen LogP contribution in [0.5, 0.6) is 5.75 Å². The number of hydrogen-bond donors (Lipinski definition) is 1. The van der Waals surface area contributed by atoms with Gasteiger partial charge in [-0.3, -0.25) is 4.79 Å². The van der Waals surface area contributed by atoms with E-state index >= 15 is 0 Å². The number of halogens is 2. The number of rotatable bonds is 5. The molecule has 0 bridgehead atoms. The number of ether oxygens (including phenoxy) is 2. The summed E-state index contributed by atoms with van der Waals surface area (Å²) in [6.45, 7) is 0.800. The highest BCUT2D eigenvalue weighted by Gasteiger charge is 2.11. The summed E-state index contributed by atoms with van der Waals surface area (Å²) in [7, 11) is 1.57. The van der Waals surface area contributed by atoms with E-state index in [-0.39, 0.29) is 0 Å². The molecule has 0 atom stereocenters. The number of carbonyl (C=O) groups is 1. The van der Waals surface area contributed by atoms with Gasteiger partial charge in [0, 0.05) is 11.6 Å². The number of nitrogens with two attached hydrogens (primary N) is 1. The third-order valence-electron chi connectivity index (χ3n) is 1.83. The molecule has 0 saturated carbocycles. The molecular formula is C10H11BrClNO3. The first kappa shape index (κ1) is 13.3. The van der Waals surface area contributed by atoms with Gasteiger partial charge in [-0.2, -0.15) is 0 Å². The van der Waals surface area contributed by atoms with Crippen LogP contribution in [0.1, 0.15) is 10.4 Å². The highest BCUT2D eigenvalue weighted by molar-refractivity contribution is 9.10. The Labute approximate surface area is 107 Å². The average Bonchev–Trinajstić information content (AvgIpc) is 2.21. The smallest absolute Gasteiger partial charge is 0.249 e. The van der Waals surface area contributed by atoms with Crippen LogP contribution in [0.2, 0.25) is 5.02 Å². The molecule has 1 rings (SSSR count). The van der Waals surface area contributed by atoms with Crippen LogP contribution in [0.3, 0.4) is 0 Å². The van der Waals surface area contributed by atoms with E-state index in [0.29, 0.717) is 34.0 Å². The quantitative estimate of drug-likeness (QED) is 0.849. The number of primary amides is 1. The van der Waals surface area contributed by atoms with Gasteiger partial charge in [-0.05, 0) is 28.1 Å². The summed E-state index contributed by atoms with van der Waals surface area (Å²) >= 11 is 9.14. The first-order valence-corrected chi connectivity index (χ1v) is 5.64. The SMILES string of the molecule is COCCOc1cc(C(N)=O)c(Br)cc1Cl. The number of benzene rings is 1. The molecule has 0 fully saturated rings. The maximum Gasteiger partial charge on any atom is 0.249 e. The van der Waals surface area contributed by atoms with E-state index in [4.69, 9.17) is 26.8 Å². The lowest BCUT2D eigenvalue weighted by atomic mass is 10.2. The van der Waals surface area contributed by atoms with Gasteiger partial charge >= 0.3 is 0 Å². The lowest BCUT2D eigenvalue weighted by Crippen LogP contribution is -2.12. The molecule has 4 nitrogen and oxygen atoms in total. The van der Waals surface area contributed by atoms with Crippen molar-refractivity contribution in [2.75, 3.05) is 20.3 Å². The van der Waals surface area contributed by atoms with Gasteiger partial charge in [0.05, 0.1) is 17.2 Å². The van der Waals surface area contributed by atoms with Crippen molar-refractivity contribution in [2.45, 2.75) is 0 Å². The minimum Gasteiger partial charge on any atom is -0.490 e. The van der Waals surface area contributed by atoms with Crippen LogP contribution in [0.15, 0.2) is 16.6 Å². The molecule has 2 N–H and O–H groups in total. The van der Waals surface area contributed by atoms with E-state index in [0.717, 1.165) is 0 Å². The molecule has 6 heteroatoms. The Morgan fingerprint density at radius 2 is 2.19 bits per heavy atom. The topological polar surface area (TPSA) is 61.6 Å². The molecular weight excluding hydrogens is 297 g/mol. The van der Waals surface area contributed by atoms with Crippen LogP contribution in [-0.2, 0) is 4.74 Å². The Balaban J connectivity index is 2.91. The molecule has 0 spiro atoms. The molecule has 0 aliphatic carbocycles. The van der Waals surface area contributed by atoms with Crippen molar-refractivity contribution in [3.8, 4) is 5.75 Å². The highest BCUT2D eigenvalue weighted by atomic mass is 79.9. The standard InChI is InChI=1S/C10H11BrClNO3/c1-15-2-3-16-9-4-6(10(13)14)7(11)5-8(9)12/h4-5H,2-3H2,1H3,(H2,13,14). The summed E-state index contributed by atoms with van der Waals surface area (Å²) in [4.78, 5) is 11.1. The van der Waals surface area contributed by atoms with Gasteiger partial charge in [0.1, 0.15) is 12.4 Å². The van der Waals surface area contributed by atoms with E-state index in [9.17, 15) is 4.79 Å². The van der Waals surface area contributed by atoms with E-state index in [1.165, 1.54) is 6.07 Å². The van der Waals surface area contributed by atoms with Gasteiger partial charge in [-0.15, -0.1) is 0 Å². The molecule has 16 heavy (non-hydrogen) atoms. The van der Waals surface area contributed by atoms with Crippen LogP contribution in [-0.4, -0.2) is 26.2 Å². The average molecular weight is 309 g/mol. The zero-order chi connectivity index (χ0) is 12.1. The highest BCUT2D eigenvalue weighted by Crippen LogP contribution is 2.31. The third-order valence-corrected chi connectivity index (χ3v) is 2.78. The van der Waals surface area contributed by atoms with Gasteiger partial charge in [0.15, 0.2) is 0 Å². The molecule has 0 saturated heterocycles. The van der Waals surface area contributed by atoms with Gasteiger partial charge in [-0.1, -0.05) is 11.6 Å². The first-order valence-electron chi connectivity index (χ1n) is 4.47. The maximum absolute atomic E-state index is 11.1. The second-order valence-electron chi connectivity index (χ2n) is 2.97. The Morgan fingerprint density at radius 3 is 2.75 bits per heavy atom. The maximum atomic E-state index is 11.1. The van der Waals surface area contributed by atoms with Crippen molar-refractivity contribution in [3.05, 3.63) is 27.2 Å². The predicted octanol–water partition coefficient (Wildman–Crippen LogP) is 2.23. The van der Waals surface area contributed by atoms with Crippen molar-refractivity contribution >= 4 is 33.4 Å². The summed E-state index contributed by atoms with van der Waals surface area (Å²) in [5, 5.41) is 0.410. The Bertz CT molecular complexity index is 398. The molecule has 0 aliphatic rings. The number of methoxy groups -OCH3 is 1. The Hall–Kier alpha value is -0.780. The van der Waals surface area contributed by atoms with Crippen molar-refractivity contribution in [2.24, 2.45) is 5.73 Å². The summed E-state index contributed by atoms with van der Waals surface area (Å²) in [5.74, 6) is -0.129. The van der Waals surface area contributed by atoms with Crippen LogP contribution in [0.25, 0.3) is 0 Å². The van der Waals surface area contributed by atoms with E-state index in [1.807, 2.05) is 0 Å². The zero-order valence-corrected chi connectivity index (χ0v) is 11.0. The monoisotopic (exact) mass is 307 g/mol. The summed E-state index contributed by atoms with van der Waals surface area (Å²) in [6, 6.07) is 3.08. The molecule has 0 aliphatic heterocycles. The second-order valence-corrected chi connectivity index (χ2v) is 4.23. The predicted molar refractivity (Wildman–Crippen MR) is 65.0 cm³/mol. The van der Waals surface area contributed by atoms with Crippen molar-refractivity contribution in [1.82, 2.24) is 0 Å². The Morgan fingerprint density at radius 1 is 1.50 bits per heavy atom. The van der Waals surface area contributed by atoms with Gasteiger partial charge in [0.25, 0.3) is 0 Å². The molecule has 88 valence electrons. The summed E-state index contributed by atoms with van der Waals surface area (Å²) in [6.07, 6.45) is 0. The normalized spacial score (nSPS) is 10.2. The molecule has 0 radical (unpaired) electrons. The fraction of sp³-hybridized carbons (Fsp3) is 0.300. The number of amides is 1. The summed E-state index contributed by atoms with van der Waals surface area (Å²) in [5.41, 5.74) is 5.53. The van der Waals surface area contributed by atoms with Crippen molar-refractivity contribution in [3.63, 3.8) is 0 Å². The first-order chi connectivity index (χ1) is 7.56. The van der Waals surface area contributed by atoms with Crippen molar-refractivity contribution in [1.29, 1.82) is 0 Å². The minimum atomic E-state index is -0.542. The van der Waals surface area contributed by atoms with Crippen LogP contribution in [0, 0.1) is 0 Å². The lowest BCUT2D eigenvalue weighted by Gasteiger charge is -2.09. The van der Waals surface area contributed by atoms with E-state index in [2.05, 4.69) is 15.9 Å². The number of carbonyl (C=O) groups excluding carboxylic acids is 1. The van der Waals surface area contributed by atoms with Gasteiger partial charge < -0.3 is 15.2 Å². The lowest BCUT2D eigenvalue weighted by molar-refractivity contribution is 0.0999. The van der Waals surface area contributed by atoms with E-state index in [1.54, 1.807) is 13.2 Å². The third kappa shape index (κ3) is 3.37. The molecule has 1 amide bonds. The zero-order valence-electron chi connectivity index (χ0n) is 8.63. The van der Waals surface area contributed by atoms with E-state index < -0.39 is 5.91 Å². The van der Waals surface area contributed by atoms with Crippen molar-refractivity contribution < 1.29 is 14.3 Å². The number of hydrogen-bond acceptors (Lipinski definition) is 3. The van der Waals surface area contributed by atoms with Crippen LogP contribution in [0.4, 0.5) is 0 Å². The molecule has 0 heterocycles. The summed E-state index contributed by atoms with van der Waals surface area (Å²) < 4.78 is 10.7.